The number of carbonyl (C=O) groups excluding carboxylic acids is 1. The first-order valence-corrected chi connectivity index (χ1v) is 6.71. The minimum absolute atomic E-state index is 0.166. The van der Waals surface area contributed by atoms with Gasteiger partial charge in [-0.3, -0.25) is 9.78 Å². The van der Waals surface area contributed by atoms with Gasteiger partial charge in [0.15, 0.2) is 0 Å². The second kappa shape index (κ2) is 5.17. The van der Waals surface area contributed by atoms with Crippen molar-refractivity contribution in [3.05, 3.63) is 36.0 Å². The number of rotatable bonds is 3. The highest BCUT2D eigenvalue weighted by Gasteiger charge is 2.31. The lowest BCUT2D eigenvalue weighted by Crippen LogP contribution is -2.41. The van der Waals surface area contributed by atoms with E-state index in [-0.39, 0.29) is 10.9 Å². The summed E-state index contributed by atoms with van der Waals surface area (Å²) < 4.78 is 0. The van der Waals surface area contributed by atoms with Crippen LogP contribution in [-0.2, 0) is 4.79 Å². The van der Waals surface area contributed by atoms with Gasteiger partial charge in [-0.05, 0) is 32.9 Å². The highest BCUT2D eigenvalue weighted by molar-refractivity contribution is 7.80. The molecule has 0 fully saturated rings. The molecule has 5 heteroatoms. The van der Waals surface area contributed by atoms with Crippen LogP contribution >= 0.6 is 12.2 Å². The molecule has 20 heavy (non-hydrogen) atoms. The standard InChI is InChI=1S/C15H17N3OS/c1-9-7-8-10-5-4-6-11(12(10)17-9)18-14(19)15(2,3)13(16)20/h4-8H,1-3H3,(H2,16,20)(H,18,19). The molecule has 0 aliphatic rings. The molecule has 0 saturated heterocycles. The van der Waals surface area contributed by atoms with E-state index in [0.29, 0.717) is 5.69 Å². The third-order valence-electron chi connectivity index (χ3n) is 3.29. The summed E-state index contributed by atoms with van der Waals surface area (Å²) in [5, 5.41) is 3.84. The second-order valence-electron chi connectivity index (χ2n) is 5.27. The third-order valence-corrected chi connectivity index (χ3v) is 3.80. The van der Waals surface area contributed by atoms with E-state index in [2.05, 4.69) is 10.3 Å². The number of nitrogens with zero attached hydrogens (tertiary/aromatic N) is 1. The number of benzene rings is 1. The predicted molar refractivity (Wildman–Crippen MR) is 85.7 cm³/mol. The molecular weight excluding hydrogens is 270 g/mol. The number of carbonyl (C=O) groups is 1. The lowest BCUT2D eigenvalue weighted by Gasteiger charge is -2.22. The van der Waals surface area contributed by atoms with Crippen molar-refractivity contribution < 1.29 is 4.79 Å². The van der Waals surface area contributed by atoms with E-state index in [1.165, 1.54) is 0 Å². The van der Waals surface area contributed by atoms with Gasteiger partial charge in [0, 0.05) is 11.1 Å². The van der Waals surface area contributed by atoms with E-state index in [0.717, 1.165) is 16.6 Å². The average molecular weight is 287 g/mol. The molecule has 1 heterocycles. The van der Waals surface area contributed by atoms with Crippen molar-refractivity contribution in [3.8, 4) is 0 Å². The Balaban J connectivity index is 2.42. The Kier molecular flexibility index (Phi) is 3.72. The number of aromatic nitrogens is 1. The van der Waals surface area contributed by atoms with Crippen LogP contribution in [-0.4, -0.2) is 15.9 Å². The van der Waals surface area contributed by atoms with Crippen LogP contribution in [0, 0.1) is 12.3 Å². The van der Waals surface area contributed by atoms with Crippen LogP contribution in [0.15, 0.2) is 30.3 Å². The molecule has 1 aromatic carbocycles. The molecule has 2 rings (SSSR count). The van der Waals surface area contributed by atoms with Gasteiger partial charge in [-0.15, -0.1) is 0 Å². The monoisotopic (exact) mass is 287 g/mol. The highest BCUT2D eigenvalue weighted by atomic mass is 32.1. The highest BCUT2D eigenvalue weighted by Crippen LogP contribution is 2.24. The van der Waals surface area contributed by atoms with Gasteiger partial charge in [-0.2, -0.15) is 0 Å². The molecule has 1 amide bonds. The summed E-state index contributed by atoms with van der Waals surface area (Å²) in [5.74, 6) is -0.235. The van der Waals surface area contributed by atoms with Crippen LogP contribution in [0.5, 0.6) is 0 Å². The maximum atomic E-state index is 12.3. The Morgan fingerprint density at radius 2 is 2.00 bits per heavy atom. The van der Waals surface area contributed by atoms with Crippen LogP contribution in [0.4, 0.5) is 5.69 Å². The second-order valence-corrected chi connectivity index (χ2v) is 5.71. The molecule has 0 aliphatic heterocycles. The zero-order valence-electron chi connectivity index (χ0n) is 11.7. The van der Waals surface area contributed by atoms with E-state index in [1.807, 2.05) is 37.3 Å². The van der Waals surface area contributed by atoms with Crippen molar-refractivity contribution in [2.45, 2.75) is 20.8 Å². The lowest BCUT2D eigenvalue weighted by atomic mass is 9.92. The fourth-order valence-electron chi connectivity index (χ4n) is 1.74. The zero-order chi connectivity index (χ0) is 14.9. The van der Waals surface area contributed by atoms with Crippen LogP contribution in [0.25, 0.3) is 10.9 Å². The van der Waals surface area contributed by atoms with Gasteiger partial charge >= 0.3 is 0 Å². The molecule has 0 bridgehead atoms. The Morgan fingerprint density at radius 1 is 1.30 bits per heavy atom. The number of para-hydroxylation sites is 1. The van der Waals surface area contributed by atoms with Crippen molar-refractivity contribution in [2.24, 2.45) is 11.1 Å². The molecule has 3 N–H and O–H groups in total. The molecule has 0 spiro atoms. The van der Waals surface area contributed by atoms with Gasteiger partial charge in [-0.1, -0.05) is 30.4 Å². The van der Waals surface area contributed by atoms with Gasteiger partial charge in [0.05, 0.1) is 21.6 Å². The third kappa shape index (κ3) is 2.63. The maximum absolute atomic E-state index is 12.3. The van der Waals surface area contributed by atoms with Crippen LogP contribution in [0.1, 0.15) is 19.5 Å². The van der Waals surface area contributed by atoms with Crippen molar-refractivity contribution in [1.29, 1.82) is 0 Å². The number of fused-ring (bicyclic) bond motifs is 1. The number of thiocarbonyl (C=S) groups is 1. The summed E-state index contributed by atoms with van der Waals surface area (Å²) in [6.45, 7) is 5.32. The molecule has 104 valence electrons. The molecule has 4 nitrogen and oxygen atoms in total. The van der Waals surface area contributed by atoms with Crippen molar-refractivity contribution in [2.75, 3.05) is 5.32 Å². The maximum Gasteiger partial charge on any atom is 0.236 e. The fourth-order valence-corrected chi connectivity index (χ4v) is 1.83. The SMILES string of the molecule is Cc1ccc2cccc(NC(=O)C(C)(C)C(N)=S)c2n1. The number of nitrogens with one attached hydrogen (secondary N) is 1. The van der Waals surface area contributed by atoms with Gasteiger partial charge < -0.3 is 11.1 Å². The van der Waals surface area contributed by atoms with Crippen LogP contribution < -0.4 is 11.1 Å². The summed E-state index contributed by atoms with van der Waals surface area (Å²) in [7, 11) is 0. The largest absolute Gasteiger partial charge is 0.392 e. The Morgan fingerprint density at radius 3 is 2.65 bits per heavy atom. The van der Waals surface area contributed by atoms with Crippen molar-refractivity contribution in [3.63, 3.8) is 0 Å². The average Bonchev–Trinajstić information content (AvgIpc) is 2.39. The van der Waals surface area contributed by atoms with Crippen molar-refractivity contribution >= 4 is 39.7 Å². The predicted octanol–water partition coefficient (Wildman–Crippen LogP) is 2.79. The normalized spacial score (nSPS) is 11.3. The number of nitrogens with two attached hydrogens (primary N) is 1. The quantitative estimate of drug-likeness (QED) is 0.852. The number of pyridine rings is 1. The van der Waals surface area contributed by atoms with Gasteiger partial charge in [0.1, 0.15) is 0 Å². The first kappa shape index (κ1) is 14.4. The Hall–Kier alpha value is -2.01. The zero-order valence-corrected chi connectivity index (χ0v) is 12.5. The number of hydrogen-bond acceptors (Lipinski definition) is 3. The van der Waals surface area contributed by atoms with Gasteiger partial charge in [0.25, 0.3) is 0 Å². The van der Waals surface area contributed by atoms with Gasteiger partial charge in [0.2, 0.25) is 5.91 Å². The first-order valence-electron chi connectivity index (χ1n) is 6.30. The van der Waals surface area contributed by atoms with E-state index in [1.54, 1.807) is 13.8 Å². The molecule has 0 aliphatic carbocycles. The summed E-state index contributed by atoms with van der Waals surface area (Å²) >= 11 is 4.94. The number of anilines is 1. The fraction of sp³-hybridized carbons (Fsp3) is 0.267. The van der Waals surface area contributed by atoms with E-state index < -0.39 is 5.41 Å². The Labute approximate surface area is 123 Å². The van der Waals surface area contributed by atoms with E-state index in [4.69, 9.17) is 18.0 Å². The molecule has 1 aromatic heterocycles. The minimum atomic E-state index is -0.901. The van der Waals surface area contributed by atoms with Gasteiger partial charge in [-0.25, -0.2) is 0 Å². The first-order chi connectivity index (χ1) is 9.32. The topological polar surface area (TPSA) is 68.0 Å². The van der Waals surface area contributed by atoms with Crippen molar-refractivity contribution in [1.82, 2.24) is 4.98 Å². The molecule has 0 unspecified atom stereocenters. The molecule has 0 radical (unpaired) electrons. The summed E-state index contributed by atoms with van der Waals surface area (Å²) in [4.78, 5) is 16.9. The minimum Gasteiger partial charge on any atom is -0.392 e. The number of amides is 1. The molecule has 0 atom stereocenters. The molecule has 0 saturated carbocycles. The van der Waals surface area contributed by atoms with Crippen LogP contribution in [0.2, 0.25) is 0 Å². The smallest absolute Gasteiger partial charge is 0.236 e. The van der Waals surface area contributed by atoms with E-state index in [9.17, 15) is 4.79 Å². The van der Waals surface area contributed by atoms with Crippen LogP contribution in [0.3, 0.4) is 0 Å². The summed E-state index contributed by atoms with van der Waals surface area (Å²) in [6.07, 6.45) is 0. The summed E-state index contributed by atoms with van der Waals surface area (Å²) in [5.41, 5.74) is 7.04. The lowest BCUT2D eigenvalue weighted by molar-refractivity contribution is -0.121. The van der Waals surface area contributed by atoms with E-state index >= 15 is 0 Å². The number of aryl methyl sites for hydroxylation is 1. The Bertz CT molecular complexity index is 695. The summed E-state index contributed by atoms with van der Waals surface area (Å²) in [6, 6.07) is 9.57. The number of hydrogen-bond donors (Lipinski definition) is 2. The molecular formula is C15H17N3OS. The molecule has 2 aromatic rings.